The molecule has 0 aliphatic carbocycles. The van der Waals surface area contributed by atoms with Crippen molar-refractivity contribution < 1.29 is 0 Å². The lowest BCUT2D eigenvalue weighted by Gasteiger charge is -2.08. The fourth-order valence-electron chi connectivity index (χ4n) is 4.33. The number of pyridine rings is 1. The maximum absolute atomic E-state index is 4.94. The van der Waals surface area contributed by atoms with E-state index in [2.05, 4.69) is 85.7 Å². The maximum atomic E-state index is 4.94. The lowest BCUT2D eigenvalue weighted by atomic mass is 9.99. The van der Waals surface area contributed by atoms with Crippen LogP contribution in [-0.2, 0) is 25.8 Å². The molecule has 8 nitrogen and oxygen atoms in total. The number of rotatable bonds is 11. The summed E-state index contributed by atoms with van der Waals surface area (Å²) in [6, 6.07) is 21.0. The van der Waals surface area contributed by atoms with Crippen molar-refractivity contribution >= 4 is 0 Å². The van der Waals surface area contributed by atoms with Gasteiger partial charge in [-0.3, -0.25) is 4.98 Å². The van der Waals surface area contributed by atoms with Crippen molar-refractivity contribution in [2.24, 2.45) is 0 Å². The van der Waals surface area contributed by atoms with Crippen molar-refractivity contribution in [2.75, 3.05) is 0 Å². The molecule has 0 aliphatic heterocycles. The number of aryl methyl sites for hydroxylation is 3. The van der Waals surface area contributed by atoms with Crippen molar-refractivity contribution in [3.05, 3.63) is 95.8 Å². The second-order valence-electron chi connectivity index (χ2n) is 8.89. The van der Waals surface area contributed by atoms with Gasteiger partial charge in [0.1, 0.15) is 5.82 Å². The zero-order valence-corrected chi connectivity index (χ0v) is 20.5. The Balaban J connectivity index is 1.33. The number of unbranched alkanes of at least 4 members (excludes halogenated alkanes) is 2. The molecule has 5 aromatic rings. The van der Waals surface area contributed by atoms with Crippen LogP contribution in [0.4, 0.5) is 0 Å². The van der Waals surface area contributed by atoms with E-state index < -0.39 is 0 Å². The van der Waals surface area contributed by atoms with Gasteiger partial charge in [-0.15, -0.1) is 10.2 Å². The third-order valence-corrected chi connectivity index (χ3v) is 6.28. The molecule has 3 aromatic heterocycles. The molecule has 0 aliphatic rings. The van der Waals surface area contributed by atoms with E-state index in [1.807, 2.05) is 18.3 Å². The first-order valence-corrected chi connectivity index (χ1v) is 12.5. The minimum Gasteiger partial charge on any atom is -0.264 e. The van der Waals surface area contributed by atoms with E-state index in [4.69, 9.17) is 10.1 Å². The van der Waals surface area contributed by atoms with Crippen LogP contribution in [0.25, 0.3) is 22.5 Å². The van der Waals surface area contributed by atoms with Crippen LogP contribution >= 0.6 is 0 Å². The molecule has 1 N–H and O–H groups in total. The summed E-state index contributed by atoms with van der Waals surface area (Å²) in [6.07, 6.45) is 9.61. The van der Waals surface area contributed by atoms with Gasteiger partial charge in [-0.05, 0) is 40.8 Å². The van der Waals surface area contributed by atoms with E-state index in [0.717, 1.165) is 60.6 Å². The van der Waals surface area contributed by atoms with E-state index in [-0.39, 0.29) is 0 Å². The van der Waals surface area contributed by atoms with Crippen LogP contribution < -0.4 is 0 Å². The zero-order chi connectivity index (χ0) is 24.6. The maximum Gasteiger partial charge on any atom is 0.205 e. The molecule has 0 spiro atoms. The average Bonchev–Trinajstić information content (AvgIpc) is 3.59. The third kappa shape index (κ3) is 5.71. The number of nitrogens with zero attached hydrogens (tertiary/aromatic N) is 7. The van der Waals surface area contributed by atoms with Gasteiger partial charge in [0.25, 0.3) is 0 Å². The molecule has 182 valence electrons. The van der Waals surface area contributed by atoms with Gasteiger partial charge in [0.05, 0.1) is 0 Å². The van der Waals surface area contributed by atoms with E-state index in [9.17, 15) is 0 Å². The van der Waals surface area contributed by atoms with Gasteiger partial charge in [-0.25, -0.2) is 9.67 Å². The minimum atomic E-state index is 0.555. The van der Waals surface area contributed by atoms with Gasteiger partial charge in [0, 0.05) is 42.9 Å². The molecule has 0 unspecified atom stereocenters. The highest BCUT2D eigenvalue weighted by molar-refractivity contribution is 5.79. The second-order valence-corrected chi connectivity index (χ2v) is 8.89. The predicted molar refractivity (Wildman–Crippen MR) is 139 cm³/mol. The molecule has 36 heavy (non-hydrogen) atoms. The van der Waals surface area contributed by atoms with Gasteiger partial charge in [0.15, 0.2) is 5.82 Å². The van der Waals surface area contributed by atoms with Crippen LogP contribution in [0.2, 0.25) is 0 Å². The summed E-state index contributed by atoms with van der Waals surface area (Å²) >= 11 is 0. The fraction of sp³-hybridized carbons (Fsp3) is 0.286. The summed E-state index contributed by atoms with van der Waals surface area (Å²) in [5.41, 5.74) is 5.43. The molecule has 5 rings (SSSR count). The van der Waals surface area contributed by atoms with Crippen molar-refractivity contribution in [3.8, 4) is 22.5 Å². The zero-order valence-electron chi connectivity index (χ0n) is 20.5. The Labute approximate surface area is 210 Å². The number of hydrogen-bond acceptors (Lipinski definition) is 6. The highest BCUT2D eigenvalue weighted by Gasteiger charge is 2.13. The molecule has 0 fully saturated rings. The summed E-state index contributed by atoms with van der Waals surface area (Å²) in [4.78, 5) is 9.25. The molecular weight excluding hydrogens is 448 g/mol. The van der Waals surface area contributed by atoms with Crippen LogP contribution in [0.1, 0.15) is 49.0 Å². The smallest absolute Gasteiger partial charge is 0.205 e. The molecule has 0 bridgehead atoms. The van der Waals surface area contributed by atoms with Gasteiger partial charge < -0.3 is 0 Å². The molecular formula is C28H30N8. The van der Waals surface area contributed by atoms with E-state index >= 15 is 0 Å². The van der Waals surface area contributed by atoms with Crippen LogP contribution in [-0.4, -0.2) is 40.4 Å². The van der Waals surface area contributed by atoms with Gasteiger partial charge >= 0.3 is 0 Å². The Bertz CT molecular complexity index is 1360. The number of benzene rings is 2. The molecule has 2 aromatic carbocycles. The van der Waals surface area contributed by atoms with Gasteiger partial charge in [-0.1, -0.05) is 74.4 Å². The Morgan fingerprint density at radius 3 is 2.50 bits per heavy atom. The number of aromatic nitrogens is 8. The van der Waals surface area contributed by atoms with E-state index in [1.54, 1.807) is 6.20 Å². The summed E-state index contributed by atoms with van der Waals surface area (Å²) < 4.78 is 2.11. The molecule has 0 saturated carbocycles. The lowest BCUT2D eigenvalue weighted by molar-refractivity contribution is 0.531. The topological polar surface area (TPSA) is 98.1 Å². The standard InChI is InChI=1S/C28H30N8/c1-2-3-7-18-36-27(30-26(33-36)15-12-21-8-5-4-6-9-21)19-22-10-13-23(14-11-22)25-20-29-17-16-24(25)28-31-34-35-32-28/h4-6,8-11,13-14,16-17,20H,2-3,7,12,15,18-19H2,1H3,(H,31,32,34,35). The van der Waals surface area contributed by atoms with E-state index in [0.29, 0.717) is 5.82 Å². The first-order chi connectivity index (χ1) is 17.8. The van der Waals surface area contributed by atoms with Crippen LogP contribution in [0, 0.1) is 0 Å². The first-order valence-electron chi connectivity index (χ1n) is 12.5. The van der Waals surface area contributed by atoms with Crippen molar-refractivity contribution in [3.63, 3.8) is 0 Å². The molecule has 3 heterocycles. The Morgan fingerprint density at radius 1 is 0.861 bits per heavy atom. The first kappa shape index (κ1) is 23.5. The van der Waals surface area contributed by atoms with E-state index in [1.165, 1.54) is 24.0 Å². The van der Waals surface area contributed by atoms with Crippen LogP contribution in [0.15, 0.2) is 73.1 Å². The summed E-state index contributed by atoms with van der Waals surface area (Å²) in [7, 11) is 0. The fourth-order valence-corrected chi connectivity index (χ4v) is 4.33. The Hall–Kier alpha value is -4.20. The highest BCUT2D eigenvalue weighted by Crippen LogP contribution is 2.29. The highest BCUT2D eigenvalue weighted by atomic mass is 15.5. The van der Waals surface area contributed by atoms with Crippen LogP contribution in [0.3, 0.4) is 0 Å². The third-order valence-electron chi connectivity index (χ3n) is 6.28. The summed E-state index contributed by atoms with van der Waals surface area (Å²) in [5, 5.41) is 19.3. The molecule has 0 atom stereocenters. The Kier molecular flexibility index (Phi) is 7.51. The molecule has 8 heteroatoms. The number of tetrazole rings is 1. The lowest BCUT2D eigenvalue weighted by Crippen LogP contribution is -2.07. The SMILES string of the molecule is CCCCCn1nc(CCc2ccccc2)nc1Cc1ccc(-c2cnccc2-c2nn[nH]n2)cc1. The largest absolute Gasteiger partial charge is 0.264 e. The summed E-state index contributed by atoms with van der Waals surface area (Å²) in [5.74, 6) is 2.50. The van der Waals surface area contributed by atoms with Crippen molar-refractivity contribution in [2.45, 2.75) is 52.0 Å². The van der Waals surface area contributed by atoms with Crippen LogP contribution in [0.5, 0.6) is 0 Å². The van der Waals surface area contributed by atoms with Crippen molar-refractivity contribution in [1.29, 1.82) is 0 Å². The predicted octanol–water partition coefficient (Wildman–Crippen LogP) is 5.09. The number of H-pyrrole nitrogens is 1. The Morgan fingerprint density at radius 2 is 1.72 bits per heavy atom. The molecule has 0 amide bonds. The number of nitrogens with one attached hydrogen (secondary N) is 1. The average molecular weight is 479 g/mol. The minimum absolute atomic E-state index is 0.555. The monoisotopic (exact) mass is 478 g/mol. The normalized spacial score (nSPS) is 11.1. The molecule has 0 radical (unpaired) electrons. The quantitative estimate of drug-likeness (QED) is 0.266. The number of hydrogen-bond donors (Lipinski definition) is 1. The van der Waals surface area contributed by atoms with Gasteiger partial charge in [0.2, 0.25) is 5.82 Å². The number of aromatic amines is 1. The second kappa shape index (κ2) is 11.5. The summed E-state index contributed by atoms with van der Waals surface area (Å²) in [6.45, 7) is 3.13. The molecule has 0 saturated heterocycles. The van der Waals surface area contributed by atoms with Gasteiger partial charge in [-0.2, -0.15) is 10.3 Å². The van der Waals surface area contributed by atoms with Crippen molar-refractivity contribution in [1.82, 2.24) is 40.4 Å².